The molecular formula is C21H18N2O2. The highest BCUT2D eigenvalue weighted by molar-refractivity contribution is 6.01. The molecule has 3 rings (SSSR count). The number of carbonyl (C=O) groups is 1. The van der Waals surface area contributed by atoms with Crippen molar-refractivity contribution in [3.05, 3.63) is 96.3 Å². The highest BCUT2D eigenvalue weighted by Crippen LogP contribution is 2.15. The summed E-state index contributed by atoms with van der Waals surface area (Å²) in [5, 5.41) is 2.75. The van der Waals surface area contributed by atoms with Crippen molar-refractivity contribution in [2.75, 3.05) is 5.32 Å². The van der Waals surface area contributed by atoms with Crippen molar-refractivity contribution in [3.8, 4) is 5.75 Å². The predicted octanol–water partition coefficient (Wildman–Crippen LogP) is 4.31. The molecule has 0 aliphatic heterocycles. The van der Waals surface area contributed by atoms with Crippen molar-refractivity contribution in [1.82, 2.24) is 4.98 Å². The van der Waals surface area contributed by atoms with E-state index < -0.39 is 0 Å². The second kappa shape index (κ2) is 8.45. The van der Waals surface area contributed by atoms with E-state index in [4.69, 9.17) is 4.74 Å². The molecule has 2 aromatic carbocycles. The number of aromatic nitrogens is 1. The van der Waals surface area contributed by atoms with Crippen molar-refractivity contribution in [3.63, 3.8) is 0 Å². The van der Waals surface area contributed by atoms with Gasteiger partial charge in [0, 0.05) is 12.3 Å². The number of ether oxygens (including phenoxy) is 1. The number of nitrogens with one attached hydrogen (secondary N) is 1. The average Bonchev–Trinajstić information content (AvgIpc) is 2.67. The number of carbonyl (C=O) groups excluding carboxylic acids is 1. The number of pyridine rings is 1. The van der Waals surface area contributed by atoms with E-state index in [1.807, 2.05) is 54.6 Å². The maximum Gasteiger partial charge on any atom is 0.248 e. The van der Waals surface area contributed by atoms with Gasteiger partial charge < -0.3 is 10.1 Å². The van der Waals surface area contributed by atoms with Gasteiger partial charge in [0.05, 0.1) is 11.9 Å². The maximum atomic E-state index is 11.9. The fourth-order valence-electron chi connectivity index (χ4n) is 2.21. The van der Waals surface area contributed by atoms with Crippen LogP contribution < -0.4 is 10.1 Å². The maximum absolute atomic E-state index is 11.9. The Kier molecular flexibility index (Phi) is 5.56. The van der Waals surface area contributed by atoms with Crippen LogP contribution in [0.15, 0.2) is 85.2 Å². The zero-order valence-electron chi connectivity index (χ0n) is 13.6. The first-order valence-corrected chi connectivity index (χ1v) is 7.95. The third-order valence-electron chi connectivity index (χ3n) is 3.48. The first-order valence-electron chi connectivity index (χ1n) is 7.95. The summed E-state index contributed by atoms with van der Waals surface area (Å²) in [4.78, 5) is 15.8. The third kappa shape index (κ3) is 5.32. The normalized spacial score (nSPS) is 10.6. The summed E-state index contributed by atoms with van der Waals surface area (Å²) < 4.78 is 5.74. The van der Waals surface area contributed by atoms with Crippen LogP contribution in [-0.4, -0.2) is 10.9 Å². The SMILES string of the molecule is O=C(/C=C/c1ccc(OCc2ccccc2)cc1)Nc1cccnc1. The third-order valence-corrected chi connectivity index (χ3v) is 3.48. The Hall–Kier alpha value is -3.40. The topological polar surface area (TPSA) is 51.2 Å². The number of benzene rings is 2. The molecular weight excluding hydrogens is 312 g/mol. The lowest BCUT2D eigenvalue weighted by atomic mass is 10.2. The van der Waals surface area contributed by atoms with Gasteiger partial charge in [-0.1, -0.05) is 42.5 Å². The van der Waals surface area contributed by atoms with Crippen molar-refractivity contribution in [2.45, 2.75) is 6.61 Å². The minimum Gasteiger partial charge on any atom is -0.489 e. The van der Waals surface area contributed by atoms with E-state index in [1.165, 1.54) is 6.08 Å². The molecule has 0 spiro atoms. The molecule has 4 nitrogen and oxygen atoms in total. The van der Waals surface area contributed by atoms with Crippen LogP contribution in [0.2, 0.25) is 0 Å². The molecule has 0 saturated carbocycles. The standard InChI is InChI=1S/C21H18N2O2/c24-21(23-19-7-4-14-22-15-19)13-10-17-8-11-20(12-9-17)25-16-18-5-2-1-3-6-18/h1-15H,16H2,(H,23,24)/b13-10+. The van der Waals surface area contributed by atoms with Gasteiger partial charge in [-0.05, 0) is 41.5 Å². The summed E-state index contributed by atoms with van der Waals surface area (Å²) in [7, 11) is 0. The van der Waals surface area contributed by atoms with Gasteiger partial charge in [-0.3, -0.25) is 9.78 Å². The van der Waals surface area contributed by atoms with Gasteiger partial charge in [-0.25, -0.2) is 0 Å². The summed E-state index contributed by atoms with van der Waals surface area (Å²) in [5.74, 6) is 0.596. The molecule has 0 atom stereocenters. The zero-order chi connectivity index (χ0) is 17.3. The average molecular weight is 330 g/mol. The van der Waals surface area contributed by atoms with Gasteiger partial charge in [-0.15, -0.1) is 0 Å². The summed E-state index contributed by atoms with van der Waals surface area (Å²) in [6.07, 6.45) is 6.51. The van der Waals surface area contributed by atoms with Crippen LogP contribution in [0.25, 0.3) is 6.08 Å². The van der Waals surface area contributed by atoms with Gasteiger partial charge in [0.15, 0.2) is 0 Å². The first-order chi connectivity index (χ1) is 12.3. The summed E-state index contributed by atoms with van der Waals surface area (Å²) in [5.41, 5.74) is 2.72. The molecule has 0 radical (unpaired) electrons. The van der Waals surface area contributed by atoms with Crippen LogP contribution in [0.5, 0.6) is 5.75 Å². The molecule has 0 saturated heterocycles. The van der Waals surface area contributed by atoms with E-state index in [0.29, 0.717) is 12.3 Å². The highest BCUT2D eigenvalue weighted by atomic mass is 16.5. The molecule has 124 valence electrons. The predicted molar refractivity (Wildman–Crippen MR) is 99.1 cm³/mol. The lowest BCUT2D eigenvalue weighted by Gasteiger charge is -2.06. The number of anilines is 1. The Bertz CT molecular complexity index is 829. The number of nitrogens with zero attached hydrogens (tertiary/aromatic N) is 1. The fraction of sp³-hybridized carbons (Fsp3) is 0.0476. The highest BCUT2D eigenvalue weighted by Gasteiger charge is 1.98. The number of amides is 1. The van der Waals surface area contributed by atoms with Gasteiger partial charge in [0.1, 0.15) is 12.4 Å². The van der Waals surface area contributed by atoms with Crippen LogP contribution >= 0.6 is 0 Å². The minimum absolute atomic E-state index is 0.197. The van der Waals surface area contributed by atoms with E-state index in [1.54, 1.807) is 30.6 Å². The molecule has 0 bridgehead atoms. The summed E-state index contributed by atoms with van der Waals surface area (Å²) in [6, 6.07) is 21.2. The Morgan fingerprint density at radius 2 is 1.80 bits per heavy atom. The van der Waals surface area contributed by atoms with Crippen LogP contribution in [-0.2, 0) is 11.4 Å². The molecule has 0 aliphatic rings. The van der Waals surface area contributed by atoms with Crippen LogP contribution in [0.3, 0.4) is 0 Å². The quantitative estimate of drug-likeness (QED) is 0.685. The Morgan fingerprint density at radius 1 is 1.00 bits per heavy atom. The zero-order valence-corrected chi connectivity index (χ0v) is 13.6. The van der Waals surface area contributed by atoms with E-state index in [-0.39, 0.29) is 5.91 Å². The number of hydrogen-bond acceptors (Lipinski definition) is 3. The van der Waals surface area contributed by atoms with Gasteiger partial charge in [0.2, 0.25) is 5.91 Å². The van der Waals surface area contributed by atoms with Gasteiger partial charge in [-0.2, -0.15) is 0 Å². The Labute approximate surface area is 146 Å². The molecule has 1 aromatic heterocycles. The molecule has 1 heterocycles. The number of rotatable bonds is 6. The van der Waals surface area contributed by atoms with E-state index in [9.17, 15) is 4.79 Å². The fourth-order valence-corrected chi connectivity index (χ4v) is 2.21. The van der Waals surface area contributed by atoms with E-state index in [0.717, 1.165) is 16.9 Å². The van der Waals surface area contributed by atoms with Crippen molar-refractivity contribution in [2.24, 2.45) is 0 Å². The molecule has 3 aromatic rings. The summed E-state index contributed by atoms with van der Waals surface area (Å²) in [6.45, 7) is 0.531. The van der Waals surface area contributed by atoms with Crippen LogP contribution in [0.1, 0.15) is 11.1 Å². The van der Waals surface area contributed by atoms with E-state index in [2.05, 4.69) is 10.3 Å². The van der Waals surface area contributed by atoms with E-state index >= 15 is 0 Å². The monoisotopic (exact) mass is 330 g/mol. The summed E-state index contributed by atoms with van der Waals surface area (Å²) >= 11 is 0. The van der Waals surface area contributed by atoms with Crippen molar-refractivity contribution < 1.29 is 9.53 Å². The molecule has 1 amide bonds. The lowest BCUT2D eigenvalue weighted by molar-refractivity contribution is -0.111. The van der Waals surface area contributed by atoms with Crippen LogP contribution in [0.4, 0.5) is 5.69 Å². The Morgan fingerprint density at radius 3 is 2.52 bits per heavy atom. The molecule has 4 heteroatoms. The number of hydrogen-bond donors (Lipinski definition) is 1. The van der Waals surface area contributed by atoms with Gasteiger partial charge >= 0.3 is 0 Å². The van der Waals surface area contributed by atoms with Crippen molar-refractivity contribution >= 4 is 17.7 Å². The molecule has 1 N–H and O–H groups in total. The smallest absolute Gasteiger partial charge is 0.248 e. The van der Waals surface area contributed by atoms with Crippen LogP contribution in [0, 0.1) is 0 Å². The second-order valence-corrected chi connectivity index (χ2v) is 5.41. The first kappa shape index (κ1) is 16.5. The van der Waals surface area contributed by atoms with Crippen molar-refractivity contribution in [1.29, 1.82) is 0 Å². The largest absolute Gasteiger partial charge is 0.489 e. The molecule has 25 heavy (non-hydrogen) atoms. The lowest BCUT2D eigenvalue weighted by Crippen LogP contribution is -2.07. The molecule has 0 aliphatic carbocycles. The second-order valence-electron chi connectivity index (χ2n) is 5.41. The van der Waals surface area contributed by atoms with Gasteiger partial charge in [0.25, 0.3) is 0 Å². The molecule has 0 fully saturated rings. The minimum atomic E-state index is -0.197. The molecule has 0 unspecified atom stereocenters. The Balaban J connectivity index is 1.52.